The lowest BCUT2D eigenvalue weighted by Crippen LogP contribution is -2.37. The molecule has 0 unspecified atom stereocenters. The van der Waals surface area contributed by atoms with E-state index in [2.05, 4.69) is 0 Å². The lowest BCUT2D eigenvalue weighted by atomic mass is 10.2. The van der Waals surface area contributed by atoms with E-state index < -0.39 is 0 Å². The third-order valence-corrected chi connectivity index (χ3v) is 4.63. The molecule has 126 valence electrons. The van der Waals surface area contributed by atoms with Crippen LogP contribution in [0.15, 0.2) is 18.2 Å². The van der Waals surface area contributed by atoms with Crippen LogP contribution in [-0.2, 0) is 9.59 Å². The fraction of sp³-hybridized carbons (Fsp3) is 0.529. The number of hydrogen-bond acceptors (Lipinski definition) is 2. The number of carbonyl (C=O) groups is 2. The summed E-state index contributed by atoms with van der Waals surface area (Å²) in [4.78, 5) is 27.8. The van der Waals surface area contributed by atoms with Gasteiger partial charge in [0.05, 0.1) is 10.7 Å². The molecule has 1 heterocycles. The monoisotopic (exact) mass is 356 g/mol. The quantitative estimate of drug-likeness (QED) is 0.813. The first kappa shape index (κ1) is 18.1. The maximum absolute atomic E-state index is 12.4. The Balaban J connectivity index is 2.02. The number of likely N-dealkylation sites (tertiary alicyclic amines) is 1. The van der Waals surface area contributed by atoms with E-state index in [1.807, 2.05) is 4.90 Å². The van der Waals surface area contributed by atoms with Crippen LogP contribution in [0.1, 0.15) is 39.0 Å². The molecule has 0 spiro atoms. The Kier molecular flexibility index (Phi) is 6.72. The van der Waals surface area contributed by atoms with Crippen molar-refractivity contribution in [2.45, 2.75) is 39.0 Å². The zero-order chi connectivity index (χ0) is 16.8. The van der Waals surface area contributed by atoms with Gasteiger partial charge in [-0.25, -0.2) is 0 Å². The first-order valence-electron chi connectivity index (χ1n) is 8.00. The van der Waals surface area contributed by atoms with Gasteiger partial charge in [-0.3, -0.25) is 9.59 Å². The molecule has 4 nitrogen and oxygen atoms in total. The molecule has 6 heteroatoms. The van der Waals surface area contributed by atoms with Crippen LogP contribution >= 0.6 is 23.2 Å². The van der Waals surface area contributed by atoms with Gasteiger partial charge in [-0.1, -0.05) is 36.0 Å². The van der Waals surface area contributed by atoms with Crippen molar-refractivity contribution in [1.29, 1.82) is 0 Å². The molecule has 0 N–H and O–H groups in total. The molecule has 1 aromatic rings. The molecule has 1 aromatic carbocycles. The zero-order valence-corrected chi connectivity index (χ0v) is 14.9. The van der Waals surface area contributed by atoms with Gasteiger partial charge < -0.3 is 9.80 Å². The van der Waals surface area contributed by atoms with Crippen LogP contribution in [0.2, 0.25) is 10.0 Å². The van der Waals surface area contributed by atoms with Crippen molar-refractivity contribution in [2.24, 2.45) is 0 Å². The highest BCUT2D eigenvalue weighted by atomic mass is 35.5. The van der Waals surface area contributed by atoms with E-state index in [1.165, 1.54) is 24.7 Å². The van der Waals surface area contributed by atoms with Gasteiger partial charge in [0.2, 0.25) is 11.8 Å². The second-order valence-electron chi connectivity index (χ2n) is 5.81. The highest BCUT2D eigenvalue weighted by molar-refractivity contribution is 6.36. The number of amides is 2. The Hall–Kier alpha value is -1.26. The van der Waals surface area contributed by atoms with E-state index >= 15 is 0 Å². The molecule has 0 saturated carbocycles. The average Bonchev–Trinajstić information content (AvgIpc) is 2.78. The Bertz CT molecular complexity index is 570. The van der Waals surface area contributed by atoms with Crippen LogP contribution in [0, 0.1) is 0 Å². The van der Waals surface area contributed by atoms with E-state index in [-0.39, 0.29) is 11.8 Å². The first-order chi connectivity index (χ1) is 11.0. The van der Waals surface area contributed by atoms with Crippen LogP contribution in [0.4, 0.5) is 5.69 Å². The SMILES string of the molecule is CC(=O)N(CCC(=O)N1CCCCCC1)c1ccc(Cl)cc1Cl. The topological polar surface area (TPSA) is 40.6 Å². The minimum Gasteiger partial charge on any atom is -0.343 e. The van der Waals surface area contributed by atoms with Crippen LogP contribution in [0.25, 0.3) is 0 Å². The van der Waals surface area contributed by atoms with E-state index in [4.69, 9.17) is 23.2 Å². The maximum Gasteiger partial charge on any atom is 0.224 e. The number of anilines is 1. The number of benzene rings is 1. The summed E-state index contributed by atoms with van der Waals surface area (Å²) >= 11 is 12.1. The van der Waals surface area contributed by atoms with Gasteiger partial charge in [0, 0.05) is 38.0 Å². The van der Waals surface area contributed by atoms with Gasteiger partial charge in [0.25, 0.3) is 0 Å². The van der Waals surface area contributed by atoms with Crippen LogP contribution in [0.5, 0.6) is 0 Å². The van der Waals surface area contributed by atoms with Gasteiger partial charge in [0.15, 0.2) is 0 Å². The Morgan fingerprint density at radius 2 is 1.78 bits per heavy atom. The van der Waals surface area contributed by atoms with Gasteiger partial charge in [-0.05, 0) is 31.0 Å². The van der Waals surface area contributed by atoms with Crippen molar-refractivity contribution in [2.75, 3.05) is 24.5 Å². The molecule has 0 aromatic heterocycles. The molecule has 2 amide bonds. The van der Waals surface area contributed by atoms with Gasteiger partial charge in [-0.2, -0.15) is 0 Å². The van der Waals surface area contributed by atoms with Gasteiger partial charge in [0.1, 0.15) is 0 Å². The third kappa shape index (κ3) is 5.11. The van der Waals surface area contributed by atoms with Gasteiger partial charge >= 0.3 is 0 Å². The largest absolute Gasteiger partial charge is 0.343 e. The minimum atomic E-state index is -0.141. The van der Waals surface area contributed by atoms with Crippen molar-refractivity contribution in [3.05, 3.63) is 28.2 Å². The summed E-state index contributed by atoms with van der Waals surface area (Å²) in [5.74, 6) is -0.0406. The second kappa shape index (κ2) is 8.55. The summed E-state index contributed by atoms with van der Waals surface area (Å²) in [6, 6.07) is 5.00. The average molecular weight is 357 g/mol. The van der Waals surface area contributed by atoms with Crippen molar-refractivity contribution in [1.82, 2.24) is 4.90 Å². The van der Waals surface area contributed by atoms with Crippen molar-refractivity contribution >= 4 is 40.7 Å². The Labute approximate surface area is 147 Å². The molecule has 1 aliphatic heterocycles. The number of rotatable bonds is 4. The number of halogens is 2. The molecule has 23 heavy (non-hydrogen) atoms. The second-order valence-corrected chi connectivity index (χ2v) is 6.66. The fourth-order valence-electron chi connectivity index (χ4n) is 2.83. The predicted octanol–water partition coefficient (Wildman–Crippen LogP) is 4.14. The molecule has 0 radical (unpaired) electrons. The summed E-state index contributed by atoms with van der Waals surface area (Å²) in [6.07, 6.45) is 4.79. The summed E-state index contributed by atoms with van der Waals surface area (Å²) in [5.41, 5.74) is 0.590. The molecular formula is C17H22Cl2N2O2. The van der Waals surface area contributed by atoms with E-state index in [1.54, 1.807) is 18.2 Å². The standard InChI is InChI=1S/C17H22Cl2N2O2/c1-13(22)21(16-7-6-14(18)12-15(16)19)11-8-17(23)20-9-4-2-3-5-10-20/h6-7,12H,2-5,8-11H2,1H3. The minimum absolute atomic E-state index is 0.100. The summed E-state index contributed by atoms with van der Waals surface area (Å²) in [7, 11) is 0. The van der Waals surface area contributed by atoms with Gasteiger partial charge in [-0.15, -0.1) is 0 Å². The molecule has 0 bridgehead atoms. The maximum atomic E-state index is 12.4. The highest BCUT2D eigenvalue weighted by Gasteiger charge is 2.20. The van der Waals surface area contributed by atoms with Crippen molar-refractivity contribution in [3.63, 3.8) is 0 Å². The third-order valence-electron chi connectivity index (χ3n) is 4.09. The first-order valence-corrected chi connectivity index (χ1v) is 8.75. The molecule has 2 rings (SSSR count). The number of nitrogens with zero attached hydrogens (tertiary/aromatic N) is 2. The summed E-state index contributed by atoms with van der Waals surface area (Å²) < 4.78 is 0. The molecule has 1 fully saturated rings. The predicted molar refractivity (Wildman–Crippen MR) is 94.2 cm³/mol. The zero-order valence-electron chi connectivity index (χ0n) is 13.4. The molecule has 1 saturated heterocycles. The fourth-order valence-corrected chi connectivity index (χ4v) is 3.34. The van der Waals surface area contributed by atoms with Crippen LogP contribution < -0.4 is 4.90 Å². The molecular weight excluding hydrogens is 335 g/mol. The normalized spacial score (nSPS) is 15.2. The number of carbonyl (C=O) groups excluding carboxylic acids is 2. The molecule has 1 aliphatic rings. The Morgan fingerprint density at radius 3 is 2.35 bits per heavy atom. The molecule has 0 atom stereocenters. The van der Waals surface area contributed by atoms with Crippen LogP contribution in [0.3, 0.4) is 0 Å². The smallest absolute Gasteiger partial charge is 0.224 e. The lowest BCUT2D eigenvalue weighted by molar-refractivity contribution is -0.131. The van der Waals surface area contributed by atoms with Crippen molar-refractivity contribution < 1.29 is 9.59 Å². The Morgan fingerprint density at radius 1 is 1.13 bits per heavy atom. The summed E-state index contributed by atoms with van der Waals surface area (Å²) in [5, 5.41) is 0.929. The summed E-state index contributed by atoms with van der Waals surface area (Å²) in [6.45, 7) is 3.44. The molecule has 0 aliphatic carbocycles. The van der Waals surface area contributed by atoms with E-state index in [0.29, 0.717) is 28.7 Å². The number of hydrogen-bond donors (Lipinski definition) is 0. The lowest BCUT2D eigenvalue weighted by Gasteiger charge is -2.25. The van der Waals surface area contributed by atoms with Crippen molar-refractivity contribution in [3.8, 4) is 0 Å². The highest BCUT2D eigenvalue weighted by Crippen LogP contribution is 2.29. The van der Waals surface area contributed by atoms with E-state index in [9.17, 15) is 9.59 Å². The van der Waals surface area contributed by atoms with E-state index in [0.717, 1.165) is 25.9 Å². The van der Waals surface area contributed by atoms with Crippen LogP contribution in [-0.4, -0.2) is 36.3 Å².